The van der Waals surface area contributed by atoms with Gasteiger partial charge in [0.2, 0.25) is 0 Å². The predicted octanol–water partition coefficient (Wildman–Crippen LogP) is 1.60. The first-order valence-corrected chi connectivity index (χ1v) is 6.23. The lowest BCUT2D eigenvalue weighted by Gasteiger charge is -2.33. The van der Waals surface area contributed by atoms with E-state index in [2.05, 4.69) is 5.32 Å². The van der Waals surface area contributed by atoms with E-state index < -0.39 is 23.2 Å². The first kappa shape index (κ1) is 17.9. The second-order valence-electron chi connectivity index (χ2n) is 6.13. The minimum absolute atomic E-state index is 0.376. The Morgan fingerprint density at radius 3 is 2.21 bits per heavy atom. The molecule has 0 aliphatic carbocycles. The highest BCUT2D eigenvalue weighted by molar-refractivity contribution is 5.70. The molecule has 0 saturated carbocycles. The van der Waals surface area contributed by atoms with Gasteiger partial charge >= 0.3 is 6.09 Å². The SMILES string of the molecule is CON(C)CC(NC(=O)OC(C)(C)C)C(C)(C)C=O. The van der Waals surface area contributed by atoms with Crippen LogP contribution in [0.3, 0.4) is 0 Å². The Hall–Kier alpha value is -1.14. The topological polar surface area (TPSA) is 67.9 Å². The third kappa shape index (κ3) is 7.12. The third-order valence-electron chi connectivity index (χ3n) is 2.64. The summed E-state index contributed by atoms with van der Waals surface area (Å²) in [5.41, 5.74) is -1.29. The van der Waals surface area contributed by atoms with Crippen molar-refractivity contribution in [3.8, 4) is 0 Å². The number of hydrogen-bond donors (Lipinski definition) is 1. The molecule has 1 unspecified atom stereocenters. The molecule has 0 aliphatic rings. The molecule has 0 spiro atoms. The smallest absolute Gasteiger partial charge is 0.407 e. The first-order chi connectivity index (χ1) is 8.51. The average molecular weight is 274 g/mol. The molecule has 0 bridgehead atoms. The maximum atomic E-state index is 11.8. The van der Waals surface area contributed by atoms with Gasteiger partial charge in [-0.1, -0.05) is 13.8 Å². The lowest BCUT2D eigenvalue weighted by atomic mass is 9.86. The quantitative estimate of drug-likeness (QED) is 0.588. The molecule has 1 atom stereocenters. The van der Waals surface area contributed by atoms with Gasteiger partial charge in [-0.05, 0) is 20.8 Å². The number of hydrogen-bond acceptors (Lipinski definition) is 5. The molecular weight excluding hydrogens is 248 g/mol. The van der Waals surface area contributed by atoms with Crippen LogP contribution < -0.4 is 5.32 Å². The van der Waals surface area contributed by atoms with Crippen LogP contribution in [0.25, 0.3) is 0 Å². The number of likely N-dealkylation sites (N-methyl/N-ethyl adjacent to an activating group) is 1. The lowest BCUT2D eigenvalue weighted by molar-refractivity contribution is -0.128. The molecule has 0 aromatic carbocycles. The van der Waals surface area contributed by atoms with Gasteiger partial charge in [-0.15, -0.1) is 0 Å². The fraction of sp³-hybridized carbons (Fsp3) is 0.846. The summed E-state index contributed by atoms with van der Waals surface area (Å²) in [5.74, 6) is 0. The summed E-state index contributed by atoms with van der Waals surface area (Å²) >= 11 is 0. The van der Waals surface area contributed by atoms with Gasteiger partial charge in [0.1, 0.15) is 11.9 Å². The second-order valence-corrected chi connectivity index (χ2v) is 6.13. The van der Waals surface area contributed by atoms with Crippen molar-refractivity contribution in [3.05, 3.63) is 0 Å². The number of nitrogens with zero attached hydrogens (tertiary/aromatic N) is 1. The van der Waals surface area contributed by atoms with Gasteiger partial charge in [0, 0.05) is 19.0 Å². The Balaban J connectivity index is 4.77. The molecule has 1 N–H and O–H groups in total. The summed E-state index contributed by atoms with van der Waals surface area (Å²) < 4.78 is 5.20. The van der Waals surface area contributed by atoms with Crippen molar-refractivity contribution in [2.24, 2.45) is 5.41 Å². The zero-order chi connectivity index (χ0) is 15.3. The fourth-order valence-electron chi connectivity index (χ4n) is 1.33. The maximum absolute atomic E-state index is 11.8. The standard InChI is InChI=1S/C13H26N2O4/c1-12(2,3)19-11(17)14-10(8-15(6)18-7)13(4,5)9-16/h9-10H,8H2,1-7H3,(H,14,17). The fourth-order valence-corrected chi connectivity index (χ4v) is 1.33. The number of ether oxygens (including phenoxy) is 1. The molecule has 0 aromatic rings. The maximum Gasteiger partial charge on any atom is 0.407 e. The van der Waals surface area contributed by atoms with Crippen LogP contribution in [0.5, 0.6) is 0 Å². The van der Waals surface area contributed by atoms with Crippen molar-refractivity contribution in [3.63, 3.8) is 0 Å². The van der Waals surface area contributed by atoms with E-state index in [1.54, 1.807) is 46.7 Å². The Morgan fingerprint density at radius 1 is 1.32 bits per heavy atom. The van der Waals surface area contributed by atoms with Crippen molar-refractivity contribution in [2.45, 2.75) is 46.3 Å². The predicted molar refractivity (Wildman–Crippen MR) is 72.6 cm³/mol. The number of hydroxylamine groups is 2. The number of aldehydes is 1. The molecule has 0 aliphatic heterocycles. The Morgan fingerprint density at radius 2 is 1.84 bits per heavy atom. The van der Waals surface area contributed by atoms with E-state index in [0.717, 1.165) is 6.29 Å². The van der Waals surface area contributed by atoms with Crippen molar-refractivity contribution < 1.29 is 19.2 Å². The molecule has 0 aromatic heterocycles. The average Bonchev–Trinajstić information content (AvgIpc) is 2.25. The van der Waals surface area contributed by atoms with Gasteiger partial charge in [-0.2, -0.15) is 5.06 Å². The summed E-state index contributed by atoms with van der Waals surface area (Å²) in [4.78, 5) is 28.0. The first-order valence-electron chi connectivity index (χ1n) is 6.23. The van der Waals surface area contributed by atoms with Crippen LogP contribution in [0.2, 0.25) is 0 Å². The highest BCUT2D eigenvalue weighted by Gasteiger charge is 2.33. The third-order valence-corrected chi connectivity index (χ3v) is 2.64. The largest absolute Gasteiger partial charge is 0.444 e. The highest BCUT2D eigenvalue weighted by atomic mass is 16.7. The van der Waals surface area contributed by atoms with Crippen LogP contribution in [0.15, 0.2) is 0 Å². The molecule has 6 heteroatoms. The molecule has 0 fully saturated rings. The highest BCUT2D eigenvalue weighted by Crippen LogP contribution is 2.19. The lowest BCUT2D eigenvalue weighted by Crippen LogP contribution is -2.52. The van der Waals surface area contributed by atoms with Crippen molar-refractivity contribution in [1.29, 1.82) is 0 Å². The monoisotopic (exact) mass is 274 g/mol. The zero-order valence-electron chi connectivity index (χ0n) is 12.9. The summed E-state index contributed by atoms with van der Waals surface area (Å²) in [6.07, 6.45) is 0.273. The Labute approximate surface area is 115 Å². The molecule has 19 heavy (non-hydrogen) atoms. The van der Waals surface area contributed by atoms with Gasteiger partial charge < -0.3 is 19.7 Å². The number of amides is 1. The van der Waals surface area contributed by atoms with Gasteiger partial charge in [0.05, 0.1) is 13.2 Å². The van der Waals surface area contributed by atoms with E-state index in [9.17, 15) is 9.59 Å². The van der Waals surface area contributed by atoms with Crippen molar-refractivity contribution in [2.75, 3.05) is 20.7 Å². The van der Waals surface area contributed by atoms with Crippen LogP contribution in [-0.4, -0.2) is 49.8 Å². The molecule has 0 rings (SSSR count). The van der Waals surface area contributed by atoms with Crippen LogP contribution in [0.1, 0.15) is 34.6 Å². The normalized spacial score (nSPS) is 14.1. The minimum atomic E-state index is -0.719. The van der Waals surface area contributed by atoms with Gasteiger partial charge in [0.15, 0.2) is 0 Å². The molecule has 0 heterocycles. The van der Waals surface area contributed by atoms with Crippen LogP contribution in [0, 0.1) is 5.41 Å². The van der Waals surface area contributed by atoms with Gasteiger partial charge in [0.25, 0.3) is 0 Å². The number of carbonyl (C=O) groups is 2. The van der Waals surface area contributed by atoms with E-state index in [0.29, 0.717) is 6.54 Å². The van der Waals surface area contributed by atoms with Crippen molar-refractivity contribution in [1.82, 2.24) is 10.4 Å². The minimum Gasteiger partial charge on any atom is -0.444 e. The van der Waals surface area contributed by atoms with Crippen LogP contribution in [0.4, 0.5) is 4.79 Å². The summed E-state index contributed by atoms with van der Waals surface area (Å²) in [7, 11) is 3.25. The van der Waals surface area contributed by atoms with Gasteiger partial charge in [-0.3, -0.25) is 0 Å². The molecule has 112 valence electrons. The number of alkyl carbamates (subject to hydrolysis) is 1. The van der Waals surface area contributed by atoms with Gasteiger partial charge in [-0.25, -0.2) is 4.79 Å². The van der Waals surface area contributed by atoms with Crippen LogP contribution in [-0.2, 0) is 14.4 Å². The molecule has 1 amide bonds. The summed E-state index contributed by atoms with van der Waals surface area (Å²) in [5, 5.41) is 4.26. The van der Waals surface area contributed by atoms with E-state index in [1.165, 1.54) is 7.11 Å². The molecule has 0 saturated heterocycles. The van der Waals surface area contributed by atoms with E-state index >= 15 is 0 Å². The van der Waals surface area contributed by atoms with Crippen molar-refractivity contribution >= 4 is 12.4 Å². The summed E-state index contributed by atoms with van der Waals surface area (Å²) in [6.45, 7) is 9.24. The second kappa shape index (κ2) is 6.86. The molecular formula is C13H26N2O4. The Kier molecular flexibility index (Phi) is 6.45. The molecule has 6 nitrogen and oxygen atoms in total. The number of nitrogens with one attached hydrogen (secondary N) is 1. The van der Waals surface area contributed by atoms with E-state index in [-0.39, 0.29) is 0 Å². The van der Waals surface area contributed by atoms with Crippen LogP contribution >= 0.6 is 0 Å². The Bertz CT molecular complexity index is 310. The molecule has 0 radical (unpaired) electrons. The zero-order valence-corrected chi connectivity index (χ0v) is 12.9. The van der Waals surface area contributed by atoms with E-state index in [4.69, 9.17) is 9.57 Å². The number of carbonyl (C=O) groups excluding carboxylic acids is 2. The number of rotatable bonds is 6. The summed E-state index contributed by atoms with van der Waals surface area (Å²) in [6, 6.07) is -0.412. The van der Waals surface area contributed by atoms with E-state index in [1.807, 2.05) is 0 Å².